The van der Waals surface area contributed by atoms with Crippen LogP contribution in [-0.2, 0) is 0 Å². The number of halogens is 1. The Kier molecular flexibility index (Phi) is 2.95. The smallest absolute Gasteiger partial charge is 0.274 e. The minimum absolute atomic E-state index is 0.135. The lowest BCUT2D eigenvalue weighted by Crippen LogP contribution is -2.16. The van der Waals surface area contributed by atoms with E-state index in [1.807, 2.05) is 23.8 Å². The fourth-order valence-electron chi connectivity index (χ4n) is 1.79. The van der Waals surface area contributed by atoms with Gasteiger partial charge in [-0.3, -0.25) is 10.1 Å². The Morgan fingerprint density at radius 3 is 2.94 bits per heavy atom. The van der Waals surface area contributed by atoms with Gasteiger partial charge in [-0.2, -0.15) is 0 Å². The van der Waals surface area contributed by atoms with E-state index in [1.165, 1.54) is 11.3 Å². The molecular weight excluding hydrogens is 316 g/mol. The molecule has 0 atom stereocenters. The quantitative estimate of drug-likeness (QED) is 0.943. The van der Waals surface area contributed by atoms with Gasteiger partial charge in [0.1, 0.15) is 10.7 Å². The van der Waals surface area contributed by atoms with Crippen LogP contribution in [0.15, 0.2) is 16.7 Å². The summed E-state index contributed by atoms with van der Waals surface area (Å²) in [5.41, 5.74) is 0.664. The van der Waals surface area contributed by atoms with Crippen LogP contribution in [0.4, 0.5) is 5.13 Å². The third-order valence-electron chi connectivity index (χ3n) is 2.73. The zero-order valence-electron chi connectivity index (χ0n) is 9.68. The number of nitrogens with one attached hydrogen (secondary N) is 1. The molecule has 2 aromatic heterocycles. The highest BCUT2D eigenvalue weighted by Gasteiger charge is 2.28. The molecule has 0 unspecified atom stereocenters. The molecular formula is C11H11BrN4OS. The molecule has 1 aliphatic rings. The second kappa shape index (κ2) is 4.47. The Hall–Kier alpha value is -1.21. The second-order valence-corrected chi connectivity index (χ2v) is 6.36. The molecule has 18 heavy (non-hydrogen) atoms. The number of aromatic nitrogens is 3. The zero-order valence-corrected chi connectivity index (χ0v) is 12.1. The van der Waals surface area contributed by atoms with Crippen molar-refractivity contribution in [2.24, 2.45) is 0 Å². The summed E-state index contributed by atoms with van der Waals surface area (Å²) >= 11 is 4.78. The Morgan fingerprint density at radius 1 is 1.56 bits per heavy atom. The predicted octanol–water partition coefficient (Wildman–Crippen LogP) is 3.00. The van der Waals surface area contributed by atoms with Crippen LogP contribution in [-0.4, -0.2) is 20.7 Å². The van der Waals surface area contributed by atoms with Gasteiger partial charge in [0, 0.05) is 16.7 Å². The summed E-state index contributed by atoms with van der Waals surface area (Å²) in [4.78, 5) is 12.2. The second-order valence-electron chi connectivity index (χ2n) is 4.26. The fraction of sp³-hybridized carbons (Fsp3) is 0.364. The Morgan fingerprint density at radius 2 is 2.33 bits per heavy atom. The minimum Gasteiger partial charge on any atom is -0.339 e. The van der Waals surface area contributed by atoms with E-state index in [0.717, 1.165) is 22.3 Å². The lowest BCUT2D eigenvalue weighted by molar-refractivity contribution is 0.101. The molecule has 0 aromatic carbocycles. The first-order chi connectivity index (χ1) is 8.63. The number of carbonyl (C=O) groups is 1. The van der Waals surface area contributed by atoms with Crippen LogP contribution < -0.4 is 5.32 Å². The summed E-state index contributed by atoms with van der Waals surface area (Å²) in [6.45, 7) is 1.86. The highest BCUT2D eigenvalue weighted by molar-refractivity contribution is 9.10. The molecule has 0 aliphatic heterocycles. The number of amides is 1. The van der Waals surface area contributed by atoms with Crippen molar-refractivity contribution in [1.82, 2.24) is 14.8 Å². The molecule has 2 aromatic rings. The molecule has 1 aliphatic carbocycles. The van der Waals surface area contributed by atoms with Gasteiger partial charge in [0.15, 0.2) is 0 Å². The SMILES string of the molecule is Cc1nnc(NC(=O)c2cc(Br)cn2C2CC2)s1. The normalized spacial score (nSPS) is 14.8. The minimum atomic E-state index is -0.135. The Labute approximate surface area is 116 Å². The first-order valence-corrected chi connectivity index (χ1v) is 7.23. The molecule has 7 heteroatoms. The van der Waals surface area contributed by atoms with Crippen molar-refractivity contribution in [2.75, 3.05) is 5.32 Å². The molecule has 1 amide bonds. The van der Waals surface area contributed by atoms with Gasteiger partial charge >= 0.3 is 0 Å². The summed E-state index contributed by atoms with van der Waals surface area (Å²) in [6, 6.07) is 2.30. The third kappa shape index (κ3) is 2.32. The number of carbonyl (C=O) groups excluding carboxylic acids is 1. The van der Waals surface area contributed by atoms with Crippen LogP contribution in [0, 0.1) is 6.92 Å². The van der Waals surface area contributed by atoms with Crippen molar-refractivity contribution in [2.45, 2.75) is 25.8 Å². The van der Waals surface area contributed by atoms with E-state index in [-0.39, 0.29) is 5.91 Å². The standard InChI is InChI=1S/C11H11BrN4OS/c1-6-14-15-11(18-6)13-10(17)9-4-7(12)5-16(9)8-2-3-8/h4-5,8H,2-3H2,1H3,(H,13,15,17). The van der Waals surface area contributed by atoms with Crippen molar-refractivity contribution in [3.05, 3.63) is 27.4 Å². The molecule has 1 N–H and O–H groups in total. The Bertz CT molecular complexity index is 602. The number of hydrogen-bond acceptors (Lipinski definition) is 4. The first-order valence-electron chi connectivity index (χ1n) is 5.62. The van der Waals surface area contributed by atoms with Crippen molar-refractivity contribution in [3.8, 4) is 0 Å². The number of nitrogens with zero attached hydrogens (tertiary/aromatic N) is 3. The van der Waals surface area contributed by atoms with E-state index < -0.39 is 0 Å². The summed E-state index contributed by atoms with van der Waals surface area (Å²) in [5, 5.41) is 11.9. The number of hydrogen-bond donors (Lipinski definition) is 1. The highest BCUT2D eigenvalue weighted by Crippen LogP contribution is 2.37. The predicted molar refractivity (Wildman–Crippen MR) is 73.0 cm³/mol. The number of rotatable bonds is 3. The van der Waals surface area contributed by atoms with Crippen LogP contribution >= 0.6 is 27.3 Å². The summed E-state index contributed by atoms with van der Waals surface area (Å²) < 4.78 is 2.95. The molecule has 5 nitrogen and oxygen atoms in total. The average molecular weight is 327 g/mol. The van der Waals surface area contributed by atoms with Gasteiger partial charge in [0.25, 0.3) is 5.91 Å². The van der Waals surface area contributed by atoms with Crippen molar-refractivity contribution >= 4 is 38.3 Å². The molecule has 0 bridgehead atoms. The van der Waals surface area contributed by atoms with E-state index in [4.69, 9.17) is 0 Å². The first kappa shape index (κ1) is 11.9. The van der Waals surface area contributed by atoms with Crippen molar-refractivity contribution < 1.29 is 4.79 Å². The summed E-state index contributed by atoms with van der Waals surface area (Å²) in [7, 11) is 0. The largest absolute Gasteiger partial charge is 0.339 e. The van der Waals surface area contributed by atoms with Crippen LogP contribution in [0.25, 0.3) is 0 Å². The maximum atomic E-state index is 12.2. The molecule has 2 heterocycles. The average Bonchev–Trinajstić information content (AvgIpc) is 2.98. The number of aryl methyl sites for hydroxylation is 1. The summed E-state index contributed by atoms with van der Waals surface area (Å²) in [6.07, 6.45) is 4.23. The van der Waals surface area contributed by atoms with E-state index in [1.54, 1.807) is 0 Å². The molecule has 94 valence electrons. The lowest BCUT2D eigenvalue weighted by Gasteiger charge is -2.06. The molecule has 1 saturated carbocycles. The fourth-order valence-corrected chi connectivity index (χ4v) is 2.81. The summed E-state index contributed by atoms with van der Waals surface area (Å²) in [5.74, 6) is -0.135. The van der Waals surface area contributed by atoms with E-state index in [0.29, 0.717) is 16.9 Å². The molecule has 0 saturated heterocycles. The van der Waals surface area contributed by atoms with Gasteiger partial charge in [-0.15, -0.1) is 10.2 Å². The maximum Gasteiger partial charge on any atom is 0.274 e. The van der Waals surface area contributed by atoms with Gasteiger partial charge < -0.3 is 4.57 Å². The van der Waals surface area contributed by atoms with Crippen LogP contribution in [0.5, 0.6) is 0 Å². The monoisotopic (exact) mass is 326 g/mol. The van der Waals surface area contributed by atoms with Crippen molar-refractivity contribution in [3.63, 3.8) is 0 Å². The van der Waals surface area contributed by atoms with Crippen LogP contribution in [0.3, 0.4) is 0 Å². The topological polar surface area (TPSA) is 59.8 Å². The van der Waals surface area contributed by atoms with Gasteiger partial charge in [0.05, 0.1) is 0 Å². The zero-order chi connectivity index (χ0) is 12.7. The lowest BCUT2D eigenvalue weighted by atomic mass is 10.4. The van der Waals surface area contributed by atoms with E-state index in [2.05, 4.69) is 31.4 Å². The van der Waals surface area contributed by atoms with E-state index in [9.17, 15) is 4.79 Å². The van der Waals surface area contributed by atoms with Gasteiger partial charge in [-0.25, -0.2) is 0 Å². The van der Waals surface area contributed by atoms with Gasteiger partial charge in [-0.1, -0.05) is 11.3 Å². The maximum absolute atomic E-state index is 12.2. The van der Waals surface area contributed by atoms with Crippen molar-refractivity contribution in [1.29, 1.82) is 0 Å². The number of anilines is 1. The van der Waals surface area contributed by atoms with Gasteiger partial charge in [0.2, 0.25) is 5.13 Å². The van der Waals surface area contributed by atoms with E-state index >= 15 is 0 Å². The Balaban J connectivity index is 1.83. The highest BCUT2D eigenvalue weighted by atomic mass is 79.9. The van der Waals surface area contributed by atoms with Crippen LogP contribution in [0.2, 0.25) is 0 Å². The molecule has 1 fully saturated rings. The third-order valence-corrected chi connectivity index (χ3v) is 3.92. The molecule has 3 rings (SSSR count). The van der Waals surface area contributed by atoms with Crippen LogP contribution in [0.1, 0.15) is 34.4 Å². The van der Waals surface area contributed by atoms with Gasteiger partial charge in [-0.05, 0) is 41.8 Å². The molecule has 0 radical (unpaired) electrons. The molecule has 0 spiro atoms.